The Balaban J connectivity index is 2.15. The van der Waals surface area contributed by atoms with Gasteiger partial charge < -0.3 is 9.52 Å². The van der Waals surface area contributed by atoms with Crippen LogP contribution in [0.5, 0.6) is 0 Å². The lowest BCUT2D eigenvalue weighted by atomic mass is 10.1. The highest BCUT2D eigenvalue weighted by Gasteiger charge is 2.10. The van der Waals surface area contributed by atoms with Crippen molar-refractivity contribution >= 4 is 9.84 Å². The van der Waals surface area contributed by atoms with Crippen molar-refractivity contribution < 1.29 is 17.9 Å². The number of sulfone groups is 1. The zero-order valence-electron chi connectivity index (χ0n) is 10.1. The molecule has 1 aromatic heterocycles. The standard InChI is InChI=1S/C12H20O4S/c1-2-17(14,15)10-4-5-11(13)7-8-12-6-3-9-16-12/h3,6,9,11,13H,2,4-5,7-8,10H2,1H3. The van der Waals surface area contributed by atoms with Gasteiger partial charge in [-0.2, -0.15) is 0 Å². The van der Waals surface area contributed by atoms with Gasteiger partial charge >= 0.3 is 0 Å². The summed E-state index contributed by atoms with van der Waals surface area (Å²) in [5, 5.41) is 9.68. The summed E-state index contributed by atoms with van der Waals surface area (Å²) >= 11 is 0. The van der Waals surface area contributed by atoms with Crippen LogP contribution in [0.4, 0.5) is 0 Å². The first-order chi connectivity index (χ1) is 8.03. The van der Waals surface area contributed by atoms with Gasteiger partial charge in [0, 0.05) is 12.2 Å². The Hall–Kier alpha value is -0.810. The summed E-state index contributed by atoms with van der Waals surface area (Å²) in [6.45, 7) is 1.64. The number of hydrogen-bond donors (Lipinski definition) is 1. The highest BCUT2D eigenvalue weighted by atomic mass is 32.2. The average Bonchev–Trinajstić information content (AvgIpc) is 2.79. The maximum Gasteiger partial charge on any atom is 0.150 e. The number of aryl methyl sites for hydroxylation is 1. The van der Waals surface area contributed by atoms with Gasteiger partial charge in [0.25, 0.3) is 0 Å². The van der Waals surface area contributed by atoms with Gasteiger partial charge in [-0.3, -0.25) is 0 Å². The lowest BCUT2D eigenvalue weighted by Crippen LogP contribution is -2.13. The van der Waals surface area contributed by atoms with Gasteiger partial charge in [-0.25, -0.2) is 8.42 Å². The minimum Gasteiger partial charge on any atom is -0.469 e. The van der Waals surface area contributed by atoms with Crippen molar-refractivity contribution in [2.24, 2.45) is 0 Å². The summed E-state index contributed by atoms with van der Waals surface area (Å²) in [6, 6.07) is 3.68. The molecule has 0 bridgehead atoms. The largest absolute Gasteiger partial charge is 0.469 e. The SMILES string of the molecule is CCS(=O)(=O)CCCC(O)CCc1ccco1. The molecule has 17 heavy (non-hydrogen) atoms. The van der Waals surface area contributed by atoms with E-state index in [9.17, 15) is 13.5 Å². The van der Waals surface area contributed by atoms with E-state index in [1.807, 2.05) is 12.1 Å². The third-order valence-electron chi connectivity index (χ3n) is 2.74. The molecule has 1 aromatic rings. The third-order valence-corrected chi connectivity index (χ3v) is 4.53. The Kier molecular flexibility index (Phi) is 5.71. The number of aliphatic hydroxyl groups is 1. The molecule has 0 aromatic carbocycles. The number of aliphatic hydroxyl groups excluding tert-OH is 1. The van der Waals surface area contributed by atoms with Crippen molar-refractivity contribution in [2.75, 3.05) is 11.5 Å². The first kappa shape index (κ1) is 14.3. The molecule has 1 N–H and O–H groups in total. The molecule has 1 unspecified atom stereocenters. The molecule has 0 spiro atoms. The zero-order valence-corrected chi connectivity index (χ0v) is 10.9. The van der Waals surface area contributed by atoms with E-state index < -0.39 is 15.9 Å². The molecule has 1 heterocycles. The molecule has 0 fully saturated rings. The van der Waals surface area contributed by atoms with Crippen LogP contribution < -0.4 is 0 Å². The second-order valence-electron chi connectivity index (χ2n) is 4.15. The van der Waals surface area contributed by atoms with Crippen LogP contribution in [0.25, 0.3) is 0 Å². The maximum atomic E-state index is 11.2. The van der Waals surface area contributed by atoms with Gasteiger partial charge in [-0.15, -0.1) is 0 Å². The fraction of sp³-hybridized carbons (Fsp3) is 0.667. The first-order valence-corrected chi connectivity index (χ1v) is 7.76. The summed E-state index contributed by atoms with van der Waals surface area (Å²) in [7, 11) is -2.90. The third kappa shape index (κ3) is 5.89. The van der Waals surface area contributed by atoms with Crippen LogP contribution in [-0.4, -0.2) is 31.1 Å². The lowest BCUT2D eigenvalue weighted by molar-refractivity contribution is 0.152. The van der Waals surface area contributed by atoms with Crippen LogP contribution in [0.1, 0.15) is 31.9 Å². The molecule has 98 valence electrons. The fourth-order valence-corrected chi connectivity index (χ4v) is 2.49. The number of rotatable bonds is 8. The Morgan fingerprint density at radius 1 is 1.41 bits per heavy atom. The first-order valence-electron chi connectivity index (χ1n) is 5.94. The van der Waals surface area contributed by atoms with Crippen LogP contribution >= 0.6 is 0 Å². The van der Waals surface area contributed by atoms with E-state index in [2.05, 4.69) is 0 Å². The molecule has 0 aliphatic heterocycles. The molecule has 4 nitrogen and oxygen atoms in total. The molecule has 0 amide bonds. The number of furan rings is 1. The molecule has 1 rings (SSSR count). The zero-order chi connectivity index (χ0) is 12.7. The number of hydrogen-bond acceptors (Lipinski definition) is 4. The van der Waals surface area contributed by atoms with Gasteiger partial charge in [-0.05, 0) is 31.4 Å². The lowest BCUT2D eigenvalue weighted by Gasteiger charge is -2.09. The van der Waals surface area contributed by atoms with Crippen molar-refractivity contribution in [1.29, 1.82) is 0 Å². The maximum absolute atomic E-state index is 11.2. The molecular formula is C12H20O4S. The second kappa shape index (κ2) is 6.81. The van der Waals surface area contributed by atoms with Crippen molar-refractivity contribution in [1.82, 2.24) is 0 Å². The summed E-state index contributed by atoms with van der Waals surface area (Å²) in [6.07, 6.45) is 3.51. The van der Waals surface area contributed by atoms with Crippen LogP contribution in [0.3, 0.4) is 0 Å². The Morgan fingerprint density at radius 3 is 2.76 bits per heavy atom. The highest BCUT2D eigenvalue weighted by Crippen LogP contribution is 2.10. The molecule has 0 saturated carbocycles. The predicted molar refractivity (Wildman–Crippen MR) is 66.6 cm³/mol. The molecule has 0 radical (unpaired) electrons. The highest BCUT2D eigenvalue weighted by molar-refractivity contribution is 7.91. The van der Waals surface area contributed by atoms with Crippen LogP contribution in [0.15, 0.2) is 22.8 Å². The minimum atomic E-state index is -2.90. The molecule has 0 saturated heterocycles. The van der Waals surface area contributed by atoms with Crippen molar-refractivity contribution in [3.05, 3.63) is 24.2 Å². The van der Waals surface area contributed by atoms with E-state index in [1.165, 1.54) is 0 Å². The summed E-state index contributed by atoms with van der Waals surface area (Å²) < 4.78 is 27.6. The van der Waals surface area contributed by atoms with E-state index in [-0.39, 0.29) is 11.5 Å². The Morgan fingerprint density at radius 2 is 2.18 bits per heavy atom. The summed E-state index contributed by atoms with van der Waals surface area (Å²) in [5.74, 6) is 1.20. The Bertz CT molecular complexity index is 394. The van der Waals surface area contributed by atoms with Crippen LogP contribution in [0, 0.1) is 0 Å². The van der Waals surface area contributed by atoms with E-state index in [1.54, 1.807) is 13.2 Å². The van der Waals surface area contributed by atoms with Gasteiger partial charge in [0.05, 0.1) is 18.1 Å². The molecule has 0 aliphatic carbocycles. The molecule has 5 heteroatoms. The van der Waals surface area contributed by atoms with E-state index in [4.69, 9.17) is 4.42 Å². The van der Waals surface area contributed by atoms with Gasteiger partial charge in [0.2, 0.25) is 0 Å². The normalized spacial score (nSPS) is 13.8. The van der Waals surface area contributed by atoms with Crippen LogP contribution in [0.2, 0.25) is 0 Å². The van der Waals surface area contributed by atoms with Crippen molar-refractivity contribution in [3.8, 4) is 0 Å². The van der Waals surface area contributed by atoms with E-state index >= 15 is 0 Å². The van der Waals surface area contributed by atoms with Crippen LogP contribution in [-0.2, 0) is 16.3 Å². The van der Waals surface area contributed by atoms with Crippen molar-refractivity contribution in [2.45, 2.75) is 38.7 Å². The second-order valence-corrected chi connectivity index (χ2v) is 6.62. The average molecular weight is 260 g/mol. The van der Waals surface area contributed by atoms with Gasteiger partial charge in [0.1, 0.15) is 15.6 Å². The topological polar surface area (TPSA) is 67.5 Å². The van der Waals surface area contributed by atoms with Gasteiger partial charge in [-0.1, -0.05) is 6.92 Å². The predicted octanol–water partition coefficient (Wildman–Crippen LogP) is 1.79. The Labute approximate surface area is 103 Å². The molecular weight excluding hydrogens is 240 g/mol. The fourth-order valence-electron chi connectivity index (χ4n) is 1.59. The smallest absolute Gasteiger partial charge is 0.150 e. The van der Waals surface area contributed by atoms with E-state index in [0.29, 0.717) is 25.7 Å². The summed E-state index contributed by atoms with van der Waals surface area (Å²) in [4.78, 5) is 0. The quantitative estimate of drug-likeness (QED) is 0.773. The van der Waals surface area contributed by atoms with Gasteiger partial charge in [0.15, 0.2) is 0 Å². The molecule has 1 atom stereocenters. The van der Waals surface area contributed by atoms with E-state index in [0.717, 1.165) is 5.76 Å². The van der Waals surface area contributed by atoms with Crippen molar-refractivity contribution in [3.63, 3.8) is 0 Å². The summed E-state index contributed by atoms with van der Waals surface area (Å²) in [5.41, 5.74) is 0. The minimum absolute atomic E-state index is 0.168. The monoisotopic (exact) mass is 260 g/mol. The molecule has 0 aliphatic rings.